The van der Waals surface area contributed by atoms with Crippen LogP contribution in [-0.2, 0) is 6.61 Å². The number of carbonyl (C=O) groups is 1. The second-order valence-electron chi connectivity index (χ2n) is 7.37. The van der Waals surface area contributed by atoms with Gasteiger partial charge in [-0.05, 0) is 30.2 Å². The standard InChI is InChI=1S/C25H21N3O4S/c1-17(19-8-5-9-20(14-19)25-26-12-13-33-25)27-24(29)22-15-21(28(30)31)10-11-23(22)32-16-18-6-3-2-4-7-18/h2-15,17H,16H2,1H3,(H,27,29). The summed E-state index contributed by atoms with van der Waals surface area (Å²) in [6.07, 6.45) is 1.75. The molecular weight excluding hydrogens is 438 g/mol. The van der Waals surface area contributed by atoms with E-state index < -0.39 is 10.8 Å². The number of hydrogen-bond donors (Lipinski definition) is 1. The van der Waals surface area contributed by atoms with Crippen LogP contribution < -0.4 is 10.1 Å². The molecule has 0 radical (unpaired) electrons. The summed E-state index contributed by atoms with van der Waals surface area (Å²) in [5.74, 6) is -0.167. The average Bonchev–Trinajstić information content (AvgIpc) is 3.38. The van der Waals surface area contributed by atoms with Crippen molar-refractivity contribution in [2.75, 3.05) is 0 Å². The van der Waals surface area contributed by atoms with Crippen LogP contribution in [0.1, 0.15) is 34.5 Å². The van der Waals surface area contributed by atoms with Gasteiger partial charge in [0.1, 0.15) is 17.4 Å². The maximum Gasteiger partial charge on any atom is 0.270 e. The maximum atomic E-state index is 13.1. The number of nitro groups is 1. The molecule has 0 aliphatic heterocycles. The van der Waals surface area contributed by atoms with E-state index in [4.69, 9.17) is 4.74 Å². The predicted molar refractivity (Wildman–Crippen MR) is 127 cm³/mol. The van der Waals surface area contributed by atoms with Crippen molar-refractivity contribution < 1.29 is 14.5 Å². The number of nitrogens with one attached hydrogen (secondary N) is 1. The highest BCUT2D eigenvalue weighted by molar-refractivity contribution is 7.13. The zero-order valence-electron chi connectivity index (χ0n) is 17.8. The molecular formula is C25H21N3O4S. The number of ether oxygens (including phenoxy) is 1. The van der Waals surface area contributed by atoms with Gasteiger partial charge in [-0.2, -0.15) is 0 Å². The number of nitrogens with zero attached hydrogens (tertiary/aromatic N) is 2. The topological polar surface area (TPSA) is 94.4 Å². The second kappa shape index (κ2) is 10.1. The van der Waals surface area contributed by atoms with Crippen LogP contribution in [0.5, 0.6) is 5.75 Å². The number of benzene rings is 3. The minimum absolute atomic E-state index is 0.114. The summed E-state index contributed by atoms with van der Waals surface area (Å²) >= 11 is 1.54. The van der Waals surface area contributed by atoms with Gasteiger partial charge in [0.15, 0.2) is 0 Å². The fourth-order valence-corrected chi connectivity index (χ4v) is 3.97. The summed E-state index contributed by atoms with van der Waals surface area (Å²) in [7, 11) is 0. The van der Waals surface area contributed by atoms with Gasteiger partial charge in [-0.15, -0.1) is 11.3 Å². The van der Waals surface area contributed by atoms with E-state index >= 15 is 0 Å². The molecule has 8 heteroatoms. The van der Waals surface area contributed by atoms with E-state index in [1.54, 1.807) is 6.20 Å². The minimum Gasteiger partial charge on any atom is -0.488 e. The molecule has 0 bridgehead atoms. The van der Waals surface area contributed by atoms with E-state index in [1.807, 2.05) is 66.9 Å². The highest BCUT2D eigenvalue weighted by Gasteiger charge is 2.20. The number of hydrogen-bond acceptors (Lipinski definition) is 6. The minimum atomic E-state index is -0.529. The molecule has 166 valence electrons. The molecule has 0 spiro atoms. The Morgan fingerprint density at radius 3 is 2.67 bits per heavy atom. The van der Waals surface area contributed by atoms with E-state index in [0.717, 1.165) is 21.7 Å². The van der Waals surface area contributed by atoms with Gasteiger partial charge in [0.25, 0.3) is 11.6 Å². The normalized spacial score (nSPS) is 11.5. The fourth-order valence-electron chi connectivity index (χ4n) is 3.33. The number of aromatic nitrogens is 1. The highest BCUT2D eigenvalue weighted by atomic mass is 32.1. The van der Waals surface area contributed by atoms with E-state index in [2.05, 4.69) is 10.3 Å². The molecule has 4 rings (SSSR count). The van der Waals surface area contributed by atoms with E-state index in [0.29, 0.717) is 0 Å². The van der Waals surface area contributed by atoms with E-state index in [1.165, 1.54) is 29.5 Å². The van der Waals surface area contributed by atoms with Crippen LogP contribution in [0, 0.1) is 10.1 Å². The van der Waals surface area contributed by atoms with Gasteiger partial charge in [0.05, 0.1) is 16.5 Å². The summed E-state index contributed by atoms with van der Waals surface area (Å²) in [6.45, 7) is 2.10. The van der Waals surface area contributed by atoms with E-state index in [9.17, 15) is 14.9 Å². The van der Waals surface area contributed by atoms with Gasteiger partial charge in [-0.25, -0.2) is 4.98 Å². The monoisotopic (exact) mass is 459 g/mol. The lowest BCUT2D eigenvalue weighted by atomic mass is 10.0. The Kier molecular flexibility index (Phi) is 6.75. The van der Waals surface area contributed by atoms with E-state index in [-0.39, 0.29) is 29.6 Å². The summed E-state index contributed by atoms with van der Waals surface area (Å²) in [5.41, 5.74) is 2.72. The smallest absolute Gasteiger partial charge is 0.270 e. The third kappa shape index (κ3) is 5.42. The van der Waals surface area contributed by atoms with Crippen molar-refractivity contribution in [3.8, 4) is 16.3 Å². The first-order valence-electron chi connectivity index (χ1n) is 10.3. The molecule has 1 amide bonds. The molecule has 0 saturated carbocycles. The molecule has 0 saturated heterocycles. The van der Waals surface area contributed by atoms with Crippen LogP contribution in [0.4, 0.5) is 5.69 Å². The molecule has 4 aromatic rings. The Labute approximate surface area is 194 Å². The summed E-state index contributed by atoms with van der Waals surface area (Å²) < 4.78 is 5.84. The maximum absolute atomic E-state index is 13.1. The van der Waals surface area contributed by atoms with Gasteiger partial charge in [0.2, 0.25) is 0 Å². The largest absolute Gasteiger partial charge is 0.488 e. The number of carbonyl (C=O) groups excluding carboxylic acids is 1. The molecule has 7 nitrogen and oxygen atoms in total. The molecule has 0 aliphatic rings. The van der Waals surface area contributed by atoms with Crippen LogP contribution in [0.15, 0.2) is 84.4 Å². The number of amides is 1. The molecule has 1 N–H and O–H groups in total. The molecule has 3 aromatic carbocycles. The van der Waals surface area contributed by atoms with Gasteiger partial charge in [-0.3, -0.25) is 14.9 Å². The molecule has 1 atom stereocenters. The molecule has 1 aromatic heterocycles. The van der Waals surface area contributed by atoms with Crippen LogP contribution in [0.3, 0.4) is 0 Å². The lowest BCUT2D eigenvalue weighted by molar-refractivity contribution is -0.384. The van der Waals surface area contributed by atoms with Crippen molar-refractivity contribution in [3.63, 3.8) is 0 Å². The van der Waals surface area contributed by atoms with Crippen LogP contribution in [0.25, 0.3) is 10.6 Å². The second-order valence-corrected chi connectivity index (χ2v) is 8.26. The van der Waals surface area contributed by atoms with Gasteiger partial charge >= 0.3 is 0 Å². The van der Waals surface area contributed by atoms with Crippen LogP contribution in [-0.4, -0.2) is 15.8 Å². The first-order valence-corrected chi connectivity index (χ1v) is 11.1. The highest BCUT2D eigenvalue weighted by Crippen LogP contribution is 2.28. The Hall–Kier alpha value is -4.04. The Bertz CT molecular complexity index is 1260. The number of thiazole rings is 1. The Balaban J connectivity index is 1.55. The van der Waals surface area contributed by atoms with Crippen molar-refractivity contribution >= 4 is 22.9 Å². The first-order chi connectivity index (χ1) is 16.0. The third-order valence-corrected chi connectivity index (χ3v) is 5.89. The van der Waals surface area contributed by atoms with Crippen LogP contribution in [0.2, 0.25) is 0 Å². The van der Waals surface area contributed by atoms with Crippen molar-refractivity contribution in [1.82, 2.24) is 10.3 Å². The molecule has 0 fully saturated rings. The Morgan fingerprint density at radius 1 is 1.12 bits per heavy atom. The van der Waals surface area contributed by atoms with Crippen molar-refractivity contribution in [1.29, 1.82) is 0 Å². The average molecular weight is 460 g/mol. The predicted octanol–water partition coefficient (Wildman–Crippen LogP) is 5.79. The van der Waals surface area contributed by atoms with Crippen molar-refractivity contribution in [2.45, 2.75) is 19.6 Å². The quantitative estimate of drug-likeness (QED) is 0.266. The number of rotatable bonds is 8. The molecule has 0 aliphatic carbocycles. The fraction of sp³-hybridized carbons (Fsp3) is 0.120. The van der Waals surface area contributed by atoms with Gasteiger partial charge in [0, 0.05) is 29.3 Å². The lowest BCUT2D eigenvalue weighted by Crippen LogP contribution is -2.27. The van der Waals surface area contributed by atoms with Crippen molar-refractivity contribution in [2.24, 2.45) is 0 Å². The van der Waals surface area contributed by atoms with Gasteiger partial charge in [-0.1, -0.05) is 48.5 Å². The molecule has 1 unspecified atom stereocenters. The Morgan fingerprint density at radius 2 is 1.94 bits per heavy atom. The number of nitro benzene ring substituents is 1. The summed E-state index contributed by atoms with van der Waals surface area (Å²) in [6, 6.07) is 21.0. The van der Waals surface area contributed by atoms with Gasteiger partial charge < -0.3 is 10.1 Å². The zero-order chi connectivity index (χ0) is 23.2. The SMILES string of the molecule is CC(NC(=O)c1cc([N+](=O)[O-])ccc1OCc1ccccc1)c1cccc(-c2nccs2)c1. The summed E-state index contributed by atoms with van der Waals surface area (Å²) in [4.78, 5) is 28.2. The third-order valence-electron chi connectivity index (χ3n) is 5.07. The molecule has 1 heterocycles. The zero-order valence-corrected chi connectivity index (χ0v) is 18.6. The lowest BCUT2D eigenvalue weighted by Gasteiger charge is -2.17. The number of non-ortho nitro benzene ring substituents is 1. The summed E-state index contributed by atoms with van der Waals surface area (Å²) in [5, 5.41) is 17.0. The first kappa shape index (κ1) is 22.2. The molecule has 33 heavy (non-hydrogen) atoms. The van der Waals surface area contributed by atoms with Crippen molar-refractivity contribution in [3.05, 3.63) is 111 Å². The van der Waals surface area contributed by atoms with Crippen LogP contribution >= 0.6 is 11.3 Å².